The fraction of sp³-hybridized carbons (Fsp3) is 0.273. The Morgan fingerprint density at radius 3 is 2.61 bits per heavy atom. The molecular weight excluding hydrogens is 422 g/mol. The highest BCUT2D eigenvalue weighted by Gasteiger charge is 2.21. The van der Waals surface area contributed by atoms with Crippen molar-refractivity contribution < 1.29 is 9.53 Å². The van der Waals surface area contributed by atoms with Gasteiger partial charge in [0.25, 0.3) is 5.91 Å². The second kappa shape index (κ2) is 8.43. The monoisotopic (exact) mass is 445 g/mol. The minimum atomic E-state index is -0.697. The fourth-order valence-corrected chi connectivity index (χ4v) is 3.84. The Bertz CT molecular complexity index is 1330. The standard InChI is InChI=1S/C22H23N9O2/c1-13-17(19-18-16(11-25-29-19)30(2)12-24-18)28-20(21(23)32)22(26-13)27-14-3-5-15(6-4-14)31-7-9-33-10-8-31/h3-6,11-12H,7-10H2,1-2H3,(H2,23,32)(H,26,27). The van der Waals surface area contributed by atoms with Gasteiger partial charge in [0.2, 0.25) is 0 Å². The van der Waals surface area contributed by atoms with E-state index < -0.39 is 5.91 Å². The summed E-state index contributed by atoms with van der Waals surface area (Å²) < 4.78 is 7.25. The molecule has 11 heteroatoms. The first-order valence-corrected chi connectivity index (χ1v) is 10.5. The molecule has 0 unspecified atom stereocenters. The Morgan fingerprint density at radius 1 is 1.12 bits per heavy atom. The summed E-state index contributed by atoms with van der Waals surface area (Å²) >= 11 is 0. The number of carbonyl (C=O) groups excluding carboxylic acids is 1. The Hall–Kier alpha value is -4.12. The van der Waals surface area contributed by atoms with Gasteiger partial charge in [-0.2, -0.15) is 5.10 Å². The van der Waals surface area contributed by atoms with E-state index in [9.17, 15) is 4.79 Å². The van der Waals surface area contributed by atoms with Crippen molar-refractivity contribution in [1.29, 1.82) is 0 Å². The molecule has 0 aliphatic carbocycles. The van der Waals surface area contributed by atoms with E-state index in [0.29, 0.717) is 22.6 Å². The second-order valence-electron chi connectivity index (χ2n) is 7.77. The third-order valence-electron chi connectivity index (χ3n) is 5.58. The number of rotatable bonds is 5. The Morgan fingerprint density at radius 2 is 1.88 bits per heavy atom. The van der Waals surface area contributed by atoms with Gasteiger partial charge in [0.1, 0.15) is 16.9 Å². The summed E-state index contributed by atoms with van der Waals surface area (Å²) in [4.78, 5) is 28.0. The number of nitrogens with two attached hydrogens (primary N) is 1. The molecule has 1 saturated heterocycles. The third-order valence-corrected chi connectivity index (χ3v) is 5.58. The van der Waals surface area contributed by atoms with Crippen LogP contribution in [0.5, 0.6) is 0 Å². The highest BCUT2D eigenvalue weighted by molar-refractivity contribution is 5.97. The van der Waals surface area contributed by atoms with Crippen LogP contribution in [0.1, 0.15) is 16.2 Å². The molecule has 1 aliphatic heterocycles. The average Bonchev–Trinajstić information content (AvgIpc) is 3.21. The molecule has 3 N–H and O–H groups in total. The number of morpholine rings is 1. The van der Waals surface area contributed by atoms with Crippen molar-refractivity contribution in [3.8, 4) is 11.4 Å². The summed E-state index contributed by atoms with van der Waals surface area (Å²) in [6, 6.07) is 7.90. The number of primary amides is 1. The van der Waals surface area contributed by atoms with E-state index >= 15 is 0 Å². The third kappa shape index (κ3) is 3.94. The van der Waals surface area contributed by atoms with Crippen molar-refractivity contribution in [3.63, 3.8) is 0 Å². The van der Waals surface area contributed by atoms with Crippen LogP contribution in [0.2, 0.25) is 0 Å². The van der Waals surface area contributed by atoms with Gasteiger partial charge in [0.05, 0.1) is 36.9 Å². The number of aromatic nitrogens is 6. The summed E-state index contributed by atoms with van der Waals surface area (Å²) in [6.07, 6.45) is 3.30. The molecular formula is C22H23N9O2. The van der Waals surface area contributed by atoms with Crippen LogP contribution in [0.3, 0.4) is 0 Å². The molecule has 0 bridgehead atoms. The normalized spacial score (nSPS) is 13.9. The molecule has 0 saturated carbocycles. The molecule has 4 heterocycles. The lowest BCUT2D eigenvalue weighted by Crippen LogP contribution is -2.36. The van der Waals surface area contributed by atoms with Crippen molar-refractivity contribution in [3.05, 3.63) is 48.2 Å². The van der Waals surface area contributed by atoms with Crippen molar-refractivity contribution in [2.75, 3.05) is 36.5 Å². The average molecular weight is 445 g/mol. The van der Waals surface area contributed by atoms with Crippen molar-refractivity contribution >= 4 is 34.1 Å². The molecule has 3 aromatic heterocycles. The number of imidazole rings is 1. The summed E-state index contributed by atoms with van der Waals surface area (Å²) in [5.74, 6) is -0.415. The van der Waals surface area contributed by atoms with Gasteiger partial charge in [0, 0.05) is 31.5 Å². The minimum Gasteiger partial charge on any atom is -0.378 e. The minimum absolute atomic E-state index is 0.0163. The second-order valence-corrected chi connectivity index (χ2v) is 7.77. The zero-order valence-corrected chi connectivity index (χ0v) is 18.3. The number of nitrogens with zero attached hydrogens (tertiary/aromatic N) is 7. The summed E-state index contributed by atoms with van der Waals surface area (Å²) in [7, 11) is 1.87. The SMILES string of the molecule is Cc1nc(Nc2ccc(N3CCOCC3)cc2)c(C(N)=O)nc1-c1nncc2c1ncn2C. The Kier molecular flexibility index (Phi) is 5.31. The van der Waals surface area contributed by atoms with Crippen LogP contribution in [-0.2, 0) is 11.8 Å². The van der Waals surface area contributed by atoms with E-state index in [-0.39, 0.29) is 11.5 Å². The number of fused-ring (bicyclic) bond motifs is 1. The molecule has 0 spiro atoms. The zero-order chi connectivity index (χ0) is 22.9. The van der Waals surface area contributed by atoms with E-state index in [2.05, 4.69) is 35.4 Å². The summed E-state index contributed by atoms with van der Waals surface area (Å²) in [6.45, 7) is 4.95. The number of hydrogen-bond donors (Lipinski definition) is 2. The van der Waals surface area contributed by atoms with E-state index in [1.54, 1.807) is 19.4 Å². The molecule has 0 radical (unpaired) electrons. The van der Waals surface area contributed by atoms with Gasteiger partial charge < -0.3 is 25.3 Å². The first-order valence-electron chi connectivity index (χ1n) is 10.5. The number of aryl methyl sites for hydroxylation is 2. The van der Waals surface area contributed by atoms with Gasteiger partial charge in [0.15, 0.2) is 11.5 Å². The maximum atomic E-state index is 12.2. The predicted octanol–water partition coefficient (Wildman–Crippen LogP) is 1.81. The van der Waals surface area contributed by atoms with Crippen LogP contribution in [0.25, 0.3) is 22.4 Å². The number of nitrogens with one attached hydrogen (secondary N) is 1. The van der Waals surface area contributed by atoms with E-state index in [1.165, 1.54) is 0 Å². The van der Waals surface area contributed by atoms with Gasteiger partial charge in [-0.05, 0) is 31.2 Å². The zero-order valence-electron chi connectivity index (χ0n) is 18.3. The van der Waals surface area contributed by atoms with Crippen LogP contribution in [0.4, 0.5) is 17.2 Å². The summed E-state index contributed by atoms with van der Waals surface area (Å²) in [5.41, 5.74) is 10.4. The van der Waals surface area contributed by atoms with Crippen molar-refractivity contribution in [1.82, 2.24) is 29.7 Å². The van der Waals surface area contributed by atoms with Crippen molar-refractivity contribution in [2.45, 2.75) is 6.92 Å². The first-order chi connectivity index (χ1) is 16.0. The number of carbonyl (C=O) groups is 1. The maximum Gasteiger partial charge on any atom is 0.271 e. The molecule has 5 rings (SSSR count). The van der Waals surface area contributed by atoms with Crippen LogP contribution in [-0.4, -0.2) is 61.9 Å². The number of hydrogen-bond acceptors (Lipinski definition) is 9. The number of benzene rings is 1. The van der Waals surface area contributed by atoms with Gasteiger partial charge in [-0.1, -0.05) is 0 Å². The first kappa shape index (κ1) is 20.8. The van der Waals surface area contributed by atoms with Gasteiger partial charge in [-0.15, -0.1) is 5.10 Å². The highest BCUT2D eigenvalue weighted by Crippen LogP contribution is 2.28. The number of ether oxygens (including phenoxy) is 1. The lowest BCUT2D eigenvalue weighted by Gasteiger charge is -2.28. The van der Waals surface area contributed by atoms with Crippen LogP contribution in [0, 0.1) is 6.92 Å². The molecule has 1 fully saturated rings. The van der Waals surface area contributed by atoms with Crippen LogP contribution >= 0.6 is 0 Å². The quantitative estimate of drug-likeness (QED) is 0.471. The Labute approximate surface area is 189 Å². The highest BCUT2D eigenvalue weighted by atomic mass is 16.5. The molecule has 11 nitrogen and oxygen atoms in total. The predicted molar refractivity (Wildman–Crippen MR) is 123 cm³/mol. The number of anilines is 3. The van der Waals surface area contributed by atoms with Crippen molar-refractivity contribution in [2.24, 2.45) is 12.8 Å². The van der Waals surface area contributed by atoms with Crippen LogP contribution < -0.4 is 16.0 Å². The van der Waals surface area contributed by atoms with E-state index in [0.717, 1.165) is 43.2 Å². The van der Waals surface area contributed by atoms with Gasteiger partial charge >= 0.3 is 0 Å². The fourth-order valence-electron chi connectivity index (χ4n) is 3.84. The van der Waals surface area contributed by atoms with Gasteiger partial charge in [-0.3, -0.25) is 4.79 Å². The maximum absolute atomic E-state index is 12.2. The summed E-state index contributed by atoms with van der Waals surface area (Å²) in [5, 5.41) is 11.4. The lowest BCUT2D eigenvalue weighted by atomic mass is 10.2. The molecule has 0 atom stereocenters. The largest absolute Gasteiger partial charge is 0.378 e. The topological polar surface area (TPSA) is 137 Å². The van der Waals surface area contributed by atoms with E-state index in [4.69, 9.17) is 10.5 Å². The molecule has 33 heavy (non-hydrogen) atoms. The van der Waals surface area contributed by atoms with Gasteiger partial charge in [-0.25, -0.2) is 15.0 Å². The molecule has 1 aromatic carbocycles. The molecule has 4 aromatic rings. The molecule has 1 aliphatic rings. The molecule has 168 valence electrons. The lowest BCUT2D eigenvalue weighted by molar-refractivity contribution is 0.0996. The Balaban J connectivity index is 1.48. The number of amides is 1. The van der Waals surface area contributed by atoms with Crippen LogP contribution in [0.15, 0.2) is 36.8 Å². The molecule has 1 amide bonds. The van der Waals surface area contributed by atoms with E-state index in [1.807, 2.05) is 35.9 Å². The smallest absolute Gasteiger partial charge is 0.271 e.